The van der Waals surface area contributed by atoms with E-state index in [4.69, 9.17) is 4.74 Å². The maximum Gasteiger partial charge on any atom is 0.346 e. The van der Waals surface area contributed by atoms with Gasteiger partial charge in [0.2, 0.25) is 0 Å². The Morgan fingerprint density at radius 1 is 0.444 bits per heavy atom. The third kappa shape index (κ3) is 24.0. The Bertz CT molecular complexity index is 742. The summed E-state index contributed by atoms with van der Waals surface area (Å²) < 4.78 is 4.95. The van der Waals surface area contributed by atoms with E-state index in [0.717, 1.165) is 51.4 Å². The van der Waals surface area contributed by atoms with Crippen molar-refractivity contribution in [3.63, 3.8) is 0 Å². The summed E-state index contributed by atoms with van der Waals surface area (Å²) in [5.74, 6) is -2.59. The Balaban J connectivity index is 4.64. The van der Waals surface area contributed by atoms with Crippen LogP contribution in [0.1, 0.15) is 194 Å². The van der Waals surface area contributed by atoms with E-state index >= 15 is 0 Å². The second-order valence-electron chi connectivity index (χ2n) is 13.2. The number of hydrogen-bond acceptors (Lipinski definition) is 7. The largest absolute Gasteiger partial charge is 0.389 e. The Labute approximate surface area is 285 Å². The van der Waals surface area contributed by atoms with Crippen LogP contribution in [0, 0.1) is 0 Å². The van der Waals surface area contributed by atoms with Gasteiger partial charge in [-0.25, -0.2) is 9.59 Å². The van der Waals surface area contributed by atoms with Crippen LogP contribution in [0.25, 0.3) is 0 Å². The van der Waals surface area contributed by atoms with Crippen LogP contribution in [0.3, 0.4) is 0 Å². The average Bonchev–Trinajstić information content (AvgIpc) is 2.97. The number of aliphatic hydroxyl groups is 2. The summed E-state index contributed by atoms with van der Waals surface area (Å²) in [6.07, 6.45) is 25.2. The number of rotatable bonds is 32. The molecular formula is C36H66O7S2. The molecule has 0 spiro atoms. The third-order valence-electron chi connectivity index (χ3n) is 8.72. The number of esters is 2. The standard InChI is InChI=1S/C36H66O7S2/c1-3-5-7-9-11-13-15-17-19-21-23-25-27-35(41,29-31(37)44)33(39)43-34(40)36(42,30-32(38)45)28-26-24-22-20-18-16-14-12-10-8-6-4-2/h41-42H,3-30H2,1-2H3,(H,37,44)(H,38,45). The molecule has 7 nitrogen and oxygen atoms in total. The van der Waals surface area contributed by atoms with Gasteiger partial charge in [0.05, 0.1) is 12.8 Å². The van der Waals surface area contributed by atoms with E-state index in [2.05, 4.69) is 39.1 Å². The highest BCUT2D eigenvalue weighted by molar-refractivity contribution is 7.96. The first kappa shape index (κ1) is 44.1. The van der Waals surface area contributed by atoms with Crippen LogP contribution in [0.2, 0.25) is 0 Å². The molecule has 0 saturated heterocycles. The summed E-state index contributed by atoms with van der Waals surface area (Å²) >= 11 is 7.46. The maximum absolute atomic E-state index is 13.0. The van der Waals surface area contributed by atoms with E-state index in [9.17, 15) is 29.4 Å². The molecule has 0 fully saturated rings. The molecule has 0 aliphatic carbocycles. The van der Waals surface area contributed by atoms with Crippen molar-refractivity contribution in [2.75, 3.05) is 0 Å². The van der Waals surface area contributed by atoms with Crippen molar-refractivity contribution in [2.45, 2.75) is 205 Å². The summed E-state index contributed by atoms with van der Waals surface area (Å²) in [5, 5.41) is 20.7. The van der Waals surface area contributed by atoms with Crippen molar-refractivity contribution in [2.24, 2.45) is 0 Å². The fourth-order valence-electron chi connectivity index (χ4n) is 5.82. The molecule has 0 aliphatic rings. The van der Waals surface area contributed by atoms with Gasteiger partial charge in [-0.2, -0.15) is 0 Å². The molecule has 0 amide bonds. The highest BCUT2D eigenvalue weighted by Crippen LogP contribution is 2.27. The van der Waals surface area contributed by atoms with Gasteiger partial charge in [0.1, 0.15) is 0 Å². The molecule has 0 heterocycles. The second kappa shape index (κ2) is 28.1. The van der Waals surface area contributed by atoms with E-state index in [1.54, 1.807) is 0 Å². The van der Waals surface area contributed by atoms with Gasteiger partial charge in [0, 0.05) is 0 Å². The van der Waals surface area contributed by atoms with Crippen LogP contribution < -0.4 is 0 Å². The van der Waals surface area contributed by atoms with Crippen LogP contribution in [0.4, 0.5) is 0 Å². The molecule has 0 aromatic heterocycles. The lowest BCUT2D eigenvalue weighted by Crippen LogP contribution is -2.48. The van der Waals surface area contributed by atoms with Crippen molar-refractivity contribution in [3.8, 4) is 0 Å². The van der Waals surface area contributed by atoms with Gasteiger partial charge in [-0.1, -0.05) is 155 Å². The molecule has 2 unspecified atom stereocenters. The van der Waals surface area contributed by atoms with Gasteiger partial charge in [0.25, 0.3) is 0 Å². The first-order valence-corrected chi connectivity index (χ1v) is 19.0. The number of thiol groups is 2. The lowest BCUT2D eigenvalue weighted by molar-refractivity contribution is -0.187. The van der Waals surface area contributed by atoms with Crippen LogP contribution in [0.15, 0.2) is 0 Å². The molecule has 2 N–H and O–H groups in total. The minimum atomic E-state index is -2.23. The van der Waals surface area contributed by atoms with Crippen molar-refractivity contribution >= 4 is 47.4 Å². The lowest BCUT2D eigenvalue weighted by Gasteiger charge is -2.28. The molecule has 0 radical (unpaired) electrons. The van der Waals surface area contributed by atoms with E-state index in [1.807, 2.05) is 0 Å². The zero-order valence-electron chi connectivity index (χ0n) is 28.6. The predicted octanol–water partition coefficient (Wildman–Crippen LogP) is 9.39. The molecule has 0 aliphatic heterocycles. The van der Waals surface area contributed by atoms with Crippen LogP contribution in [0.5, 0.6) is 0 Å². The minimum Gasteiger partial charge on any atom is -0.389 e. The fourth-order valence-corrected chi connectivity index (χ4v) is 6.34. The van der Waals surface area contributed by atoms with Crippen LogP contribution >= 0.6 is 25.3 Å². The lowest BCUT2D eigenvalue weighted by atomic mass is 9.91. The molecule has 0 aromatic rings. The van der Waals surface area contributed by atoms with E-state index < -0.39 is 46.2 Å². The maximum atomic E-state index is 13.0. The van der Waals surface area contributed by atoms with Gasteiger partial charge < -0.3 is 14.9 Å². The molecule has 9 heteroatoms. The second-order valence-corrected chi connectivity index (χ2v) is 14.2. The average molecular weight is 675 g/mol. The number of unbranched alkanes of at least 4 members (excludes halogenated alkanes) is 22. The molecule has 45 heavy (non-hydrogen) atoms. The Hall–Kier alpha value is -0.900. The van der Waals surface area contributed by atoms with Crippen molar-refractivity contribution in [3.05, 3.63) is 0 Å². The zero-order chi connectivity index (χ0) is 33.8. The Morgan fingerprint density at radius 3 is 0.889 bits per heavy atom. The topological polar surface area (TPSA) is 118 Å². The third-order valence-corrected chi connectivity index (χ3v) is 9.04. The Kier molecular flexibility index (Phi) is 27.6. The number of hydrogen-bond donors (Lipinski definition) is 4. The van der Waals surface area contributed by atoms with Crippen LogP contribution in [-0.2, 0) is 23.9 Å². The summed E-state index contributed by atoms with van der Waals surface area (Å²) in [4.78, 5) is 49.4. The first-order chi connectivity index (χ1) is 21.5. The predicted molar refractivity (Wildman–Crippen MR) is 190 cm³/mol. The van der Waals surface area contributed by atoms with Gasteiger partial charge in [-0.3, -0.25) is 9.59 Å². The first-order valence-electron chi connectivity index (χ1n) is 18.2. The number of carbonyl (C=O) groups is 4. The quantitative estimate of drug-likeness (QED) is 0.0243. The Morgan fingerprint density at radius 2 is 0.667 bits per heavy atom. The molecule has 0 bridgehead atoms. The molecule has 264 valence electrons. The number of carbonyl (C=O) groups excluding carboxylic acids is 4. The van der Waals surface area contributed by atoms with Crippen LogP contribution in [-0.4, -0.2) is 43.6 Å². The summed E-state index contributed by atoms with van der Waals surface area (Å²) in [7, 11) is 0. The van der Waals surface area contributed by atoms with E-state index in [1.165, 1.54) is 89.9 Å². The molecule has 0 saturated carbocycles. The van der Waals surface area contributed by atoms with Crippen molar-refractivity contribution in [1.82, 2.24) is 0 Å². The van der Waals surface area contributed by atoms with Crippen molar-refractivity contribution < 1.29 is 34.1 Å². The summed E-state index contributed by atoms with van der Waals surface area (Å²) in [5.41, 5.74) is -4.45. The van der Waals surface area contributed by atoms with Gasteiger partial charge in [0.15, 0.2) is 21.4 Å². The molecule has 0 rings (SSSR count). The van der Waals surface area contributed by atoms with Gasteiger partial charge >= 0.3 is 11.9 Å². The summed E-state index contributed by atoms with van der Waals surface area (Å²) in [6, 6.07) is 0. The van der Waals surface area contributed by atoms with Gasteiger partial charge in [-0.15, -0.1) is 25.3 Å². The normalized spacial score (nSPS) is 14.1. The summed E-state index contributed by atoms with van der Waals surface area (Å²) in [6.45, 7) is 4.43. The SMILES string of the molecule is CCCCCCCCCCCCCCC(O)(CC(=O)S)C(=O)OC(=O)C(O)(CCCCCCCCCCCCCC)CC(=O)S. The highest BCUT2D eigenvalue weighted by Gasteiger charge is 2.45. The molecular weight excluding hydrogens is 609 g/mol. The number of ether oxygens (including phenoxy) is 1. The molecule has 2 atom stereocenters. The fraction of sp³-hybridized carbons (Fsp3) is 0.889. The van der Waals surface area contributed by atoms with Crippen molar-refractivity contribution in [1.29, 1.82) is 0 Å². The smallest absolute Gasteiger partial charge is 0.346 e. The van der Waals surface area contributed by atoms with Gasteiger partial charge in [-0.05, 0) is 25.7 Å². The minimum absolute atomic E-state index is 0.0640. The van der Waals surface area contributed by atoms with E-state index in [0.29, 0.717) is 12.8 Å². The molecule has 0 aromatic carbocycles. The highest BCUT2D eigenvalue weighted by atomic mass is 32.1. The van der Waals surface area contributed by atoms with E-state index in [-0.39, 0.29) is 12.8 Å². The zero-order valence-corrected chi connectivity index (χ0v) is 30.4. The monoisotopic (exact) mass is 674 g/mol.